The first-order valence-electron chi connectivity index (χ1n) is 8.06. The third-order valence-electron chi connectivity index (χ3n) is 3.74. The number of halogens is 1. The maximum absolute atomic E-state index is 13.2. The molecule has 10 heteroatoms. The zero-order chi connectivity index (χ0) is 20.9. The summed E-state index contributed by atoms with van der Waals surface area (Å²) >= 11 is 0. The molecule has 0 saturated carbocycles. The highest BCUT2D eigenvalue weighted by atomic mass is 32.2. The van der Waals surface area contributed by atoms with Crippen molar-refractivity contribution in [3.8, 4) is 17.0 Å². The number of ether oxygens (including phenoxy) is 1. The minimum Gasteiger partial charge on any atom is -0.481 e. The Balaban J connectivity index is 0.000000221. The number of rotatable bonds is 4. The molecule has 0 fully saturated rings. The van der Waals surface area contributed by atoms with Gasteiger partial charge in [-0.15, -0.1) is 0 Å². The second-order valence-electron chi connectivity index (χ2n) is 5.74. The Hall–Kier alpha value is -2.82. The summed E-state index contributed by atoms with van der Waals surface area (Å²) in [5, 5.41) is 3.37. The van der Waals surface area contributed by atoms with Crippen LogP contribution in [0.3, 0.4) is 0 Å². The maximum atomic E-state index is 13.2. The summed E-state index contributed by atoms with van der Waals surface area (Å²) in [5.74, 6) is 0.126. The molecule has 0 aliphatic rings. The van der Waals surface area contributed by atoms with Crippen molar-refractivity contribution in [1.29, 1.82) is 0 Å². The van der Waals surface area contributed by atoms with Crippen LogP contribution in [0.25, 0.3) is 11.1 Å². The van der Waals surface area contributed by atoms with Crippen LogP contribution in [0.5, 0.6) is 5.88 Å². The van der Waals surface area contributed by atoms with Gasteiger partial charge in [-0.2, -0.15) is 8.42 Å². The van der Waals surface area contributed by atoms with Gasteiger partial charge in [0.15, 0.2) is 10.7 Å². The van der Waals surface area contributed by atoms with E-state index in [1.165, 1.54) is 27.0 Å². The van der Waals surface area contributed by atoms with E-state index in [1.807, 2.05) is 24.3 Å². The predicted molar refractivity (Wildman–Crippen MR) is 99.9 cm³/mol. The molecule has 2 heterocycles. The van der Waals surface area contributed by atoms with Crippen LogP contribution < -0.4 is 10.5 Å². The Kier molecular flexibility index (Phi) is 6.84. The molecule has 28 heavy (non-hydrogen) atoms. The molecule has 0 aliphatic carbocycles. The average molecular weight is 409 g/mol. The van der Waals surface area contributed by atoms with Crippen molar-refractivity contribution in [1.82, 2.24) is 10.1 Å². The number of methoxy groups -OCH3 is 1. The summed E-state index contributed by atoms with van der Waals surface area (Å²) in [6, 6.07) is 8.96. The van der Waals surface area contributed by atoms with Gasteiger partial charge in [-0.3, -0.25) is 4.55 Å². The van der Waals surface area contributed by atoms with Gasteiger partial charge in [-0.25, -0.2) is 9.37 Å². The summed E-state index contributed by atoms with van der Waals surface area (Å²) in [5.41, 5.74) is 8.21. The molecular weight excluding hydrogens is 389 g/mol. The molecule has 0 atom stereocenters. The fourth-order valence-corrected chi connectivity index (χ4v) is 3.27. The zero-order valence-electron chi connectivity index (χ0n) is 15.5. The molecule has 0 spiro atoms. The van der Waals surface area contributed by atoms with E-state index in [0.717, 1.165) is 17.3 Å². The molecule has 0 saturated heterocycles. The number of pyridine rings is 1. The number of aromatic nitrogens is 2. The van der Waals surface area contributed by atoms with Gasteiger partial charge >= 0.3 is 0 Å². The Bertz CT molecular complexity index is 1030. The molecule has 3 N–H and O–H groups in total. The van der Waals surface area contributed by atoms with E-state index in [-0.39, 0.29) is 22.2 Å². The van der Waals surface area contributed by atoms with Gasteiger partial charge in [0.05, 0.1) is 13.3 Å². The van der Waals surface area contributed by atoms with Gasteiger partial charge in [0.25, 0.3) is 10.1 Å². The van der Waals surface area contributed by atoms with Crippen LogP contribution in [0.2, 0.25) is 0 Å². The van der Waals surface area contributed by atoms with E-state index >= 15 is 0 Å². The molecule has 0 unspecified atom stereocenters. The van der Waals surface area contributed by atoms with Crippen molar-refractivity contribution < 1.29 is 26.6 Å². The topological polar surface area (TPSA) is 129 Å². The first kappa shape index (κ1) is 21.5. The Morgan fingerprint density at radius 2 is 1.89 bits per heavy atom. The van der Waals surface area contributed by atoms with E-state index < -0.39 is 10.1 Å². The van der Waals surface area contributed by atoms with Crippen molar-refractivity contribution in [2.24, 2.45) is 5.73 Å². The lowest BCUT2D eigenvalue weighted by Gasteiger charge is -2.08. The van der Waals surface area contributed by atoms with Crippen LogP contribution >= 0.6 is 0 Å². The monoisotopic (exact) mass is 409 g/mol. The van der Waals surface area contributed by atoms with Crippen LogP contribution in [-0.4, -0.2) is 30.2 Å². The number of aryl methyl sites for hydroxylation is 2. The molecule has 3 rings (SSSR count). The molecule has 8 nitrogen and oxygen atoms in total. The van der Waals surface area contributed by atoms with Gasteiger partial charge in [-0.1, -0.05) is 29.4 Å². The first-order chi connectivity index (χ1) is 13.2. The molecule has 2 aromatic heterocycles. The molecule has 3 aromatic rings. The maximum Gasteiger partial charge on any atom is 0.299 e. The van der Waals surface area contributed by atoms with E-state index in [2.05, 4.69) is 14.7 Å². The van der Waals surface area contributed by atoms with Crippen molar-refractivity contribution in [3.63, 3.8) is 0 Å². The Morgan fingerprint density at radius 3 is 2.32 bits per heavy atom. The van der Waals surface area contributed by atoms with E-state index in [0.29, 0.717) is 18.0 Å². The highest BCUT2D eigenvalue weighted by molar-refractivity contribution is 7.86. The van der Waals surface area contributed by atoms with Crippen LogP contribution in [0.1, 0.15) is 17.0 Å². The van der Waals surface area contributed by atoms with Crippen LogP contribution in [-0.2, 0) is 16.7 Å². The standard InChI is InChI=1S/C13H13FN2O.C5H7NO4S/c1-17-13-12(6-11(14)8-16-13)10-4-2-9(7-15)3-5-10;1-3-5(11(7,8)9)4(2)10-6-3/h2-6,8H,7,15H2,1H3;1-2H3,(H,7,8,9). The minimum atomic E-state index is -4.18. The van der Waals surface area contributed by atoms with Crippen LogP contribution in [0, 0.1) is 19.7 Å². The smallest absolute Gasteiger partial charge is 0.299 e. The third-order valence-corrected chi connectivity index (χ3v) is 4.84. The average Bonchev–Trinajstić information content (AvgIpc) is 3.01. The quantitative estimate of drug-likeness (QED) is 0.630. The Labute approximate surface area is 161 Å². The number of benzene rings is 1. The van der Waals surface area contributed by atoms with Gasteiger partial charge in [0.2, 0.25) is 5.88 Å². The second-order valence-corrected chi connectivity index (χ2v) is 7.10. The van der Waals surface area contributed by atoms with Crippen molar-refractivity contribution in [3.05, 3.63) is 59.4 Å². The number of nitrogens with zero attached hydrogens (tertiary/aromatic N) is 2. The summed E-state index contributed by atoms with van der Waals surface area (Å²) in [4.78, 5) is 3.66. The molecule has 150 valence electrons. The van der Waals surface area contributed by atoms with Gasteiger partial charge in [0, 0.05) is 12.1 Å². The fourth-order valence-electron chi connectivity index (χ4n) is 2.46. The van der Waals surface area contributed by atoms with Crippen molar-refractivity contribution in [2.45, 2.75) is 25.3 Å². The third kappa shape index (κ3) is 5.12. The molecule has 0 bridgehead atoms. The van der Waals surface area contributed by atoms with Crippen LogP contribution in [0.15, 0.2) is 45.9 Å². The predicted octanol–water partition coefficient (Wildman–Crippen LogP) is 2.89. The molecule has 0 radical (unpaired) electrons. The first-order valence-corrected chi connectivity index (χ1v) is 9.50. The van der Waals surface area contributed by atoms with Gasteiger partial charge in [-0.05, 0) is 31.0 Å². The summed E-state index contributed by atoms with van der Waals surface area (Å²) in [7, 11) is -2.67. The fraction of sp³-hybridized carbons (Fsp3) is 0.222. The zero-order valence-corrected chi connectivity index (χ0v) is 16.3. The van der Waals surface area contributed by atoms with E-state index in [9.17, 15) is 12.8 Å². The SMILES string of the molecule is COc1ncc(F)cc1-c1ccc(CN)cc1.Cc1noc(C)c1S(=O)(=O)O. The lowest BCUT2D eigenvalue weighted by Crippen LogP contribution is -2.00. The number of hydrogen-bond donors (Lipinski definition) is 2. The number of hydrogen-bond acceptors (Lipinski definition) is 7. The van der Waals surface area contributed by atoms with Gasteiger partial charge in [0.1, 0.15) is 11.5 Å². The van der Waals surface area contributed by atoms with Crippen molar-refractivity contribution >= 4 is 10.1 Å². The summed E-state index contributed by atoms with van der Waals surface area (Å²) in [6.45, 7) is 3.35. The minimum absolute atomic E-state index is 0.102. The number of nitrogens with two attached hydrogens (primary N) is 1. The molecule has 1 aromatic carbocycles. The van der Waals surface area contributed by atoms with Gasteiger partial charge < -0.3 is 15.0 Å². The lowest BCUT2D eigenvalue weighted by molar-refractivity contribution is 0.389. The highest BCUT2D eigenvalue weighted by Gasteiger charge is 2.20. The summed E-state index contributed by atoms with van der Waals surface area (Å²) in [6.07, 6.45) is 1.14. The molecule has 0 aliphatic heterocycles. The van der Waals surface area contributed by atoms with Crippen LogP contribution in [0.4, 0.5) is 4.39 Å². The largest absolute Gasteiger partial charge is 0.481 e. The molecular formula is C18H20FN3O5S. The Morgan fingerprint density at radius 1 is 1.25 bits per heavy atom. The second kappa shape index (κ2) is 8.91. The van der Waals surface area contributed by atoms with E-state index in [1.54, 1.807) is 0 Å². The molecule has 0 amide bonds. The van der Waals surface area contributed by atoms with E-state index in [4.69, 9.17) is 15.0 Å². The lowest BCUT2D eigenvalue weighted by atomic mass is 10.1. The summed E-state index contributed by atoms with van der Waals surface area (Å²) < 4.78 is 52.6. The normalized spacial score (nSPS) is 10.9. The highest BCUT2D eigenvalue weighted by Crippen LogP contribution is 2.28. The van der Waals surface area contributed by atoms with Crippen molar-refractivity contribution in [2.75, 3.05) is 7.11 Å².